The lowest BCUT2D eigenvalue weighted by molar-refractivity contribution is -0.142. The second-order valence-corrected chi connectivity index (χ2v) is 12.9. The molecule has 5 rings (SSSR count). The Morgan fingerprint density at radius 2 is 1.63 bits per heavy atom. The molecule has 0 aromatic heterocycles. The van der Waals surface area contributed by atoms with E-state index in [9.17, 15) is 24.0 Å². The molecular weight excluding hydrogens is 600 g/mol. The first-order chi connectivity index (χ1) is 22.3. The van der Waals surface area contributed by atoms with Crippen molar-refractivity contribution in [2.45, 2.75) is 62.3 Å². The van der Waals surface area contributed by atoms with Crippen LogP contribution in [-0.4, -0.2) is 76.8 Å². The lowest BCUT2D eigenvalue weighted by Gasteiger charge is -2.32. The second-order valence-electron chi connectivity index (χ2n) is 12.2. The molecule has 1 saturated heterocycles. The lowest BCUT2D eigenvalue weighted by atomic mass is 9.81. The van der Waals surface area contributed by atoms with E-state index in [1.165, 1.54) is 4.90 Å². The van der Waals surface area contributed by atoms with Crippen molar-refractivity contribution in [3.05, 3.63) is 95.6 Å². The Morgan fingerprint density at radius 3 is 2.28 bits per heavy atom. The third kappa shape index (κ3) is 7.61. The van der Waals surface area contributed by atoms with Crippen molar-refractivity contribution in [1.29, 1.82) is 0 Å². The average Bonchev–Trinajstić information content (AvgIpc) is 3.21. The number of hydrogen-bond donors (Lipinski definition) is 3. The van der Waals surface area contributed by atoms with Gasteiger partial charge in [-0.3, -0.25) is 28.9 Å². The van der Waals surface area contributed by atoms with Crippen molar-refractivity contribution in [1.82, 2.24) is 20.4 Å². The van der Waals surface area contributed by atoms with Crippen molar-refractivity contribution >= 4 is 42.2 Å². The topological polar surface area (TPSA) is 116 Å². The molecule has 5 amide bonds. The average molecular weight is 643 g/mol. The fourth-order valence-corrected chi connectivity index (χ4v) is 6.96. The molecule has 0 radical (unpaired) electrons. The number of likely N-dealkylation sites (N-methyl/N-ethyl adjacent to an activating group) is 1. The van der Waals surface area contributed by atoms with Crippen molar-refractivity contribution < 1.29 is 24.0 Å². The zero-order valence-corrected chi connectivity index (χ0v) is 27.0. The van der Waals surface area contributed by atoms with Gasteiger partial charge in [0.25, 0.3) is 11.8 Å². The normalized spacial score (nSPS) is 22.3. The Labute approximate surface area is 275 Å². The number of allylic oxidation sites excluding steroid dienone is 4. The molecule has 2 N–H and O–H groups in total. The van der Waals surface area contributed by atoms with Crippen molar-refractivity contribution in [3.63, 3.8) is 0 Å². The minimum atomic E-state index is -0.796. The number of thiol groups is 1. The molecule has 0 spiro atoms. The van der Waals surface area contributed by atoms with E-state index in [1.54, 1.807) is 36.2 Å². The molecule has 2 aromatic rings. The van der Waals surface area contributed by atoms with Crippen LogP contribution >= 0.6 is 12.6 Å². The van der Waals surface area contributed by atoms with Crippen LogP contribution in [0.15, 0.2) is 78.9 Å². The summed E-state index contributed by atoms with van der Waals surface area (Å²) < 4.78 is 0. The maximum Gasteiger partial charge on any atom is 0.261 e. The summed E-state index contributed by atoms with van der Waals surface area (Å²) in [6, 6.07) is 14.9. The maximum atomic E-state index is 14.2. The predicted molar refractivity (Wildman–Crippen MR) is 179 cm³/mol. The Kier molecular flexibility index (Phi) is 11.1. The van der Waals surface area contributed by atoms with E-state index in [0.29, 0.717) is 56.2 Å². The Hall–Kier alpha value is -4.18. The number of amides is 5. The SMILES string of the molecule is CNC(=O)[C@H](Cc1ccccc1)N1CC[C@H](C2C=CC=CC2)CC(NC(=O)C(S)CCCCN2C(=O)c3ccccc3C2=O)C1=O. The van der Waals surface area contributed by atoms with Gasteiger partial charge >= 0.3 is 0 Å². The van der Waals surface area contributed by atoms with Gasteiger partial charge in [-0.2, -0.15) is 12.6 Å². The fraction of sp³-hybridized carbons (Fsp3) is 0.417. The number of likely N-dealkylation sites (tertiary alicyclic amines) is 1. The molecule has 0 bridgehead atoms. The molecule has 0 saturated carbocycles. The molecule has 9 nitrogen and oxygen atoms in total. The van der Waals surface area contributed by atoms with Crippen LogP contribution in [-0.2, 0) is 20.8 Å². The van der Waals surface area contributed by atoms with Crippen LogP contribution in [0.25, 0.3) is 0 Å². The van der Waals surface area contributed by atoms with Gasteiger partial charge in [0.2, 0.25) is 17.7 Å². The van der Waals surface area contributed by atoms with E-state index in [4.69, 9.17) is 0 Å². The quantitative estimate of drug-likeness (QED) is 0.184. The second kappa shape index (κ2) is 15.4. The van der Waals surface area contributed by atoms with E-state index < -0.39 is 17.3 Å². The number of unbranched alkanes of at least 4 members (excludes halogenated alkanes) is 1. The van der Waals surface area contributed by atoms with Gasteiger partial charge in [0.1, 0.15) is 12.1 Å². The van der Waals surface area contributed by atoms with Gasteiger partial charge in [-0.1, -0.05) is 73.2 Å². The summed E-state index contributed by atoms with van der Waals surface area (Å²) >= 11 is 4.57. The van der Waals surface area contributed by atoms with Crippen molar-refractivity contribution in [3.8, 4) is 0 Å². The van der Waals surface area contributed by atoms with Crippen molar-refractivity contribution in [2.24, 2.45) is 11.8 Å². The molecule has 2 heterocycles. The summed E-state index contributed by atoms with van der Waals surface area (Å²) in [5.41, 5.74) is 1.78. The summed E-state index contributed by atoms with van der Waals surface area (Å²) in [6.45, 7) is 0.675. The highest BCUT2D eigenvalue weighted by molar-refractivity contribution is 7.81. The van der Waals surface area contributed by atoms with Crippen LogP contribution in [0.2, 0.25) is 0 Å². The Balaban J connectivity index is 1.23. The zero-order valence-electron chi connectivity index (χ0n) is 26.1. The first-order valence-corrected chi connectivity index (χ1v) is 16.6. The molecule has 2 aliphatic heterocycles. The summed E-state index contributed by atoms with van der Waals surface area (Å²) in [7, 11) is 1.57. The molecule has 1 fully saturated rings. The summed E-state index contributed by atoms with van der Waals surface area (Å²) in [5.74, 6) is -1.07. The molecule has 1 aliphatic carbocycles. The lowest BCUT2D eigenvalue weighted by Crippen LogP contribution is -2.56. The number of rotatable bonds is 12. The van der Waals surface area contributed by atoms with Gasteiger partial charge in [-0.25, -0.2) is 0 Å². The van der Waals surface area contributed by atoms with E-state index >= 15 is 0 Å². The largest absolute Gasteiger partial charge is 0.357 e. The molecule has 3 aliphatic rings. The number of imide groups is 1. The number of benzene rings is 2. The van der Waals surface area contributed by atoms with E-state index in [1.807, 2.05) is 42.5 Å². The maximum absolute atomic E-state index is 14.2. The smallest absolute Gasteiger partial charge is 0.261 e. The standard InChI is InChI=1S/C36H42N4O5S/c1-37-32(41)30(22-24-12-4-2-5-13-24)39-21-19-26(25-14-6-3-7-15-25)23-29(36(39)45)38-33(42)31(46)18-10-11-20-40-34(43)27-16-8-9-17-28(27)35(40)44/h2-9,12-14,16-17,25-26,29-31,46H,10-11,15,18-23H2,1H3,(H,37,41)(H,38,42)/t25?,26-,29?,30-,31?/m0/s1. The molecule has 242 valence electrons. The Bertz CT molecular complexity index is 1470. The molecule has 3 unspecified atom stereocenters. The van der Waals surface area contributed by atoms with Crippen LogP contribution in [0, 0.1) is 11.8 Å². The number of nitrogens with one attached hydrogen (secondary N) is 2. The first kappa shape index (κ1) is 33.2. The van der Waals surface area contributed by atoms with E-state index in [2.05, 4.69) is 35.4 Å². The van der Waals surface area contributed by atoms with E-state index in [-0.39, 0.29) is 47.9 Å². The van der Waals surface area contributed by atoms with Gasteiger partial charge in [0, 0.05) is 26.6 Å². The number of fused-ring (bicyclic) bond motifs is 1. The van der Waals surface area contributed by atoms with Gasteiger partial charge in [0.15, 0.2) is 0 Å². The highest BCUT2D eigenvalue weighted by atomic mass is 32.1. The van der Waals surface area contributed by atoms with Crippen molar-refractivity contribution in [2.75, 3.05) is 20.1 Å². The van der Waals surface area contributed by atoms with Crippen LogP contribution < -0.4 is 10.6 Å². The zero-order chi connectivity index (χ0) is 32.6. The summed E-state index contributed by atoms with van der Waals surface area (Å²) in [4.78, 5) is 69.0. The number of carbonyl (C=O) groups excluding carboxylic acids is 5. The Morgan fingerprint density at radius 1 is 0.935 bits per heavy atom. The number of nitrogens with zero attached hydrogens (tertiary/aromatic N) is 2. The predicted octanol–water partition coefficient (Wildman–Crippen LogP) is 3.96. The molecular formula is C36H42N4O5S. The summed E-state index contributed by atoms with van der Waals surface area (Å²) in [5, 5.41) is 5.05. The van der Waals surface area contributed by atoms with Crippen LogP contribution in [0.5, 0.6) is 0 Å². The first-order valence-electron chi connectivity index (χ1n) is 16.1. The number of carbonyl (C=O) groups is 5. The third-order valence-corrected chi connectivity index (χ3v) is 9.78. The monoisotopic (exact) mass is 642 g/mol. The minimum absolute atomic E-state index is 0.139. The highest BCUT2D eigenvalue weighted by Gasteiger charge is 2.40. The molecule has 5 atom stereocenters. The van der Waals surface area contributed by atoms with Gasteiger partial charge in [-0.05, 0) is 61.6 Å². The van der Waals surface area contributed by atoms with E-state index in [0.717, 1.165) is 12.0 Å². The molecule has 2 aromatic carbocycles. The van der Waals surface area contributed by atoms with Crippen LogP contribution in [0.4, 0.5) is 0 Å². The van der Waals surface area contributed by atoms with Gasteiger partial charge in [-0.15, -0.1) is 0 Å². The summed E-state index contributed by atoms with van der Waals surface area (Å²) in [6.07, 6.45) is 12.3. The van der Waals surface area contributed by atoms with Gasteiger partial charge in [0.05, 0.1) is 16.4 Å². The number of hydrogen-bond acceptors (Lipinski definition) is 6. The van der Waals surface area contributed by atoms with Crippen LogP contribution in [0.1, 0.15) is 64.8 Å². The highest BCUT2D eigenvalue weighted by Crippen LogP contribution is 2.32. The molecule has 46 heavy (non-hydrogen) atoms. The molecule has 10 heteroatoms. The third-order valence-electron chi connectivity index (χ3n) is 9.28. The van der Waals surface area contributed by atoms with Gasteiger partial charge < -0.3 is 15.5 Å². The fourth-order valence-electron chi connectivity index (χ4n) is 6.70. The minimum Gasteiger partial charge on any atom is -0.357 e. The van der Waals surface area contributed by atoms with Crippen LogP contribution in [0.3, 0.4) is 0 Å².